The number of hydrogen-bond acceptors (Lipinski definition) is 7. The lowest BCUT2D eigenvalue weighted by atomic mass is 10.2. The summed E-state index contributed by atoms with van der Waals surface area (Å²) in [5.41, 5.74) is -0.903. The van der Waals surface area contributed by atoms with Gasteiger partial charge in [0.05, 0.1) is 14.2 Å². The van der Waals surface area contributed by atoms with Crippen LogP contribution in [0.15, 0.2) is 0 Å². The van der Waals surface area contributed by atoms with Gasteiger partial charge in [0.2, 0.25) is 0 Å². The molecule has 0 aliphatic heterocycles. The van der Waals surface area contributed by atoms with Crippen LogP contribution in [0, 0.1) is 0 Å². The van der Waals surface area contributed by atoms with E-state index in [0.717, 1.165) is 0 Å². The molecule has 9 heteroatoms. The fourth-order valence-electron chi connectivity index (χ4n) is 0.583. The van der Waals surface area contributed by atoms with Crippen LogP contribution in [0.2, 0.25) is 0 Å². The zero-order valence-electron chi connectivity index (χ0n) is 14.3. The average Bonchev–Trinajstić information content (AvgIpc) is 2.24. The predicted molar refractivity (Wildman–Crippen MR) is 77.1 cm³/mol. The van der Waals surface area contributed by atoms with Crippen LogP contribution in [0.5, 0.6) is 0 Å². The third-order valence-electron chi connectivity index (χ3n) is 1.11. The second kappa shape index (κ2) is 11.5. The quantitative estimate of drug-likeness (QED) is 0.643. The van der Waals surface area contributed by atoms with E-state index in [2.05, 4.69) is 9.47 Å². The summed E-state index contributed by atoms with van der Waals surface area (Å²) in [4.78, 5) is 29.3. The number of rotatable bonds is 0. The van der Waals surface area contributed by atoms with Gasteiger partial charge in [-0.15, -0.1) is 0 Å². The van der Waals surface area contributed by atoms with Gasteiger partial charge in [0, 0.05) is 0 Å². The van der Waals surface area contributed by atoms with Gasteiger partial charge in [-0.1, -0.05) is 0 Å². The third-order valence-corrected chi connectivity index (χ3v) is 1.11. The molecule has 0 amide bonds. The summed E-state index contributed by atoms with van der Waals surface area (Å²) >= 11 is 0. The maximum atomic E-state index is 10.4. The summed E-state index contributed by atoms with van der Waals surface area (Å²) in [6.45, 7) is 10.7. The molecule has 0 spiro atoms. The van der Waals surface area contributed by atoms with Crippen molar-refractivity contribution in [3.63, 3.8) is 0 Å². The van der Waals surface area contributed by atoms with Crippen molar-refractivity contribution in [2.24, 2.45) is 0 Å². The van der Waals surface area contributed by atoms with Crippen molar-refractivity contribution in [3.05, 3.63) is 0 Å². The third kappa shape index (κ3) is 36.1. The van der Waals surface area contributed by atoms with Crippen molar-refractivity contribution in [2.45, 2.75) is 52.7 Å². The van der Waals surface area contributed by atoms with Crippen LogP contribution in [0.3, 0.4) is 0 Å². The molecule has 0 aromatic carbocycles. The Kier molecular flexibility index (Phi) is 12.9. The smallest absolute Gasteiger partial charge is 0.450 e. The fraction of sp³-hybridized carbons (Fsp3) is 0.769. The standard InChI is InChI=1S/2C6H12O3.CH2O3/c2*1-6(2,3)9-5(7)8-4;2-1(3)4/h2*1-4H3;(H2,2,3,4). The summed E-state index contributed by atoms with van der Waals surface area (Å²) in [5.74, 6) is 0. The van der Waals surface area contributed by atoms with E-state index in [9.17, 15) is 9.59 Å². The first kappa shape index (κ1) is 24.8. The highest BCUT2D eigenvalue weighted by atomic mass is 16.7. The van der Waals surface area contributed by atoms with E-state index in [0.29, 0.717) is 0 Å². The molecular weight excluding hydrogens is 300 g/mol. The molecule has 0 heterocycles. The van der Waals surface area contributed by atoms with Crippen molar-refractivity contribution in [1.29, 1.82) is 0 Å². The van der Waals surface area contributed by atoms with Crippen molar-refractivity contribution in [2.75, 3.05) is 14.2 Å². The summed E-state index contributed by atoms with van der Waals surface area (Å²) in [6.07, 6.45) is -3.11. The van der Waals surface area contributed by atoms with Crippen LogP contribution in [0.4, 0.5) is 14.4 Å². The van der Waals surface area contributed by atoms with Gasteiger partial charge < -0.3 is 29.2 Å². The van der Waals surface area contributed by atoms with Crippen LogP contribution in [0.25, 0.3) is 0 Å². The molecule has 22 heavy (non-hydrogen) atoms. The zero-order chi connectivity index (χ0) is 18.6. The van der Waals surface area contributed by atoms with Gasteiger partial charge >= 0.3 is 18.5 Å². The van der Waals surface area contributed by atoms with E-state index >= 15 is 0 Å². The molecule has 0 saturated heterocycles. The van der Waals surface area contributed by atoms with E-state index in [1.807, 2.05) is 0 Å². The minimum absolute atomic E-state index is 0.451. The largest absolute Gasteiger partial charge is 0.508 e. The Morgan fingerprint density at radius 3 is 0.909 bits per heavy atom. The van der Waals surface area contributed by atoms with E-state index in [-0.39, 0.29) is 0 Å². The lowest BCUT2D eigenvalue weighted by molar-refractivity contribution is 0.00219. The Morgan fingerprint density at radius 2 is 0.864 bits per heavy atom. The number of ether oxygens (including phenoxy) is 4. The van der Waals surface area contributed by atoms with Gasteiger partial charge in [0.25, 0.3) is 0 Å². The SMILES string of the molecule is COC(=O)OC(C)(C)C.COC(=O)OC(C)(C)C.O=C(O)O. The van der Waals surface area contributed by atoms with E-state index in [1.54, 1.807) is 41.5 Å². The Hall–Kier alpha value is -2.19. The molecule has 0 aromatic heterocycles. The molecular formula is C13H26O9. The molecule has 0 rings (SSSR count). The van der Waals surface area contributed by atoms with Crippen molar-refractivity contribution in [3.8, 4) is 0 Å². The molecule has 0 bridgehead atoms. The monoisotopic (exact) mass is 326 g/mol. The number of carboxylic acid groups (broad SMARTS) is 2. The minimum Gasteiger partial charge on any atom is -0.450 e. The van der Waals surface area contributed by atoms with Gasteiger partial charge in [-0.2, -0.15) is 0 Å². The van der Waals surface area contributed by atoms with Crippen LogP contribution in [-0.2, 0) is 18.9 Å². The highest BCUT2D eigenvalue weighted by molar-refractivity contribution is 5.60. The molecule has 0 unspecified atom stereocenters. The summed E-state index contributed by atoms with van der Waals surface area (Å²) in [5, 5.41) is 13.9. The Balaban J connectivity index is -0.000000266. The van der Waals surface area contributed by atoms with Crippen molar-refractivity contribution < 1.29 is 43.5 Å². The van der Waals surface area contributed by atoms with Gasteiger partial charge in [-0.3, -0.25) is 0 Å². The first-order chi connectivity index (χ1) is 9.64. The second-order valence-electron chi connectivity index (χ2n) is 5.62. The maximum absolute atomic E-state index is 10.4. The van der Waals surface area contributed by atoms with E-state index < -0.39 is 29.7 Å². The Bertz CT molecular complexity index is 304. The van der Waals surface area contributed by atoms with Crippen LogP contribution >= 0.6 is 0 Å². The lowest BCUT2D eigenvalue weighted by Gasteiger charge is -2.17. The minimum atomic E-state index is -1.83. The van der Waals surface area contributed by atoms with Crippen LogP contribution in [-0.4, -0.2) is 54.1 Å². The Morgan fingerprint density at radius 1 is 0.682 bits per heavy atom. The number of hydrogen-bond donors (Lipinski definition) is 2. The van der Waals surface area contributed by atoms with Gasteiger partial charge in [0.1, 0.15) is 11.2 Å². The molecule has 0 saturated carbocycles. The molecule has 132 valence electrons. The van der Waals surface area contributed by atoms with Gasteiger partial charge in [-0.05, 0) is 41.5 Å². The van der Waals surface area contributed by atoms with Crippen LogP contribution in [0.1, 0.15) is 41.5 Å². The van der Waals surface area contributed by atoms with E-state index in [1.165, 1.54) is 14.2 Å². The molecule has 2 N–H and O–H groups in total. The van der Waals surface area contributed by atoms with Crippen LogP contribution < -0.4 is 0 Å². The molecule has 9 nitrogen and oxygen atoms in total. The fourth-order valence-corrected chi connectivity index (χ4v) is 0.583. The average molecular weight is 326 g/mol. The van der Waals surface area contributed by atoms with Crippen molar-refractivity contribution in [1.82, 2.24) is 0 Å². The van der Waals surface area contributed by atoms with E-state index in [4.69, 9.17) is 24.5 Å². The Labute approximate surface area is 130 Å². The maximum Gasteiger partial charge on any atom is 0.508 e. The zero-order valence-corrected chi connectivity index (χ0v) is 14.3. The molecule has 0 radical (unpaired) electrons. The summed E-state index contributed by atoms with van der Waals surface area (Å²) in [7, 11) is 2.57. The number of carbonyl (C=O) groups excluding carboxylic acids is 2. The second-order valence-corrected chi connectivity index (χ2v) is 5.62. The lowest BCUT2D eigenvalue weighted by Crippen LogP contribution is -2.23. The normalized spacial score (nSPS) is 9.82. The highest BCUT2D eigenvalue weighted by Gasteiger charge is 2.16. The highest BCUT2D eigenvalue weighted by Crippen LogP contribution is 2.07. The predicted octanol–water partition coefficient (Wildman–Crippen LogP) is 3.36. The number of carbonyl (C=O) groups is 3. The molecule has 0 aliphatic carbocycles. The first-order valence-corrected chi connectivity index (χ1v) is 6.10. The van der Waals surface area contributed by atoms with Gasteiger partial charge in [-0.25, -0.2) is 14.4 Å². The molecule has 0 atom stereocenters. The summed E-state index contributed by atoms with van der Waals surface area (Å²) < 4.78 is 18.0. The van der Waals surface area contributed by atoms with Gasteiger partial charge in [0.15, 0.2) is 0 Å². The topological polar surface area (TPSA) is 129 Å². The molecule has 0 aromatic rings. The molecule has 0 aliphatic rings. The molecule has 0 fully saturated rings. The van der Waals surface area contributed by atoms with Crippen molar-refractivity contribution >= 4 is 18.5 Å². The summed E-state index contributed by atoms with van der Waals surface area (Å²) in [6, 6.07) is 0. The number of methoxy groups -OCH3 is 2. The first-order valence-electron chi connectivity index (χ1n) is 6.10.